The average molecular weight is 268 g/mol. The number of hydrogen-bond acceptors (Lipinski definition) is 4. The number of fused-ring (bicyclic) bond motifs is 2. The average Bonchev–Trinajstić information content (AvgIpc) is 3.09. The number of benzene rings is 2. The van der Waals surface area contributed by atoms with Crippen molar-refractivity contribution >= 4 is 11.0 Å². The predicted molar refractivity (Wildman–Crippen MR) is 74.2 cm³/mol. The number of imidazole rings is 1. The van der Waals surface area contributed by atoms with Gasteiger partial charge in [-0.05, 0) is 12.1 Å². The van der Waals surface area contributed by atoms with Gasteiger partial charge in [-0.1, -0.05) is 12.1 Å². The minimum Gasteiger partial charge on any atom is -0.496 e. The highest BCUT2D eigenvalue weighted by Gasteiger charge is 2.17. The molecule has 0 unspecified atom stereocenters. The van der Waals surface area contributed by atoms with Gasteiger partial charge in [-0.15, -0.1) is 0 Å². The van der Waals surface area contributed by atoms with Crippen molar-refractivity contribution in [2.45, 2.75) is 0 Å². The Hall–Kier alpha value is -2.69. The van der Waals surface area contributed by atoms with E-state index in [1.165, 1.54) is 0 Å². The number of nitrogens with zero attached hydrogens (tertiary/aromatic N) is 1. The third-order valence-corrected chi connectivity index (χ3v) is 3.34. The standard InChI is InChI=1S/C15H12N2O3/c1-18-12-5-3-2-4-9(12)15-16-10-6-13-14(20-8-19-13)7-11(10)17-15/h2-7H,8H2,1H3,(H,16,17). The van der Waals surface area contributed by atoms with Crippen LogP contribution in [0.1, 0.15) is 0 Å². The molecule has 1 aromatic heterocycles. The smallest absolute Gasteiger partial charge is 0.231 e. The van der Waals surface area contributed by atoms with Crippen LogP contribution >= 0.6 is 0 Å². The van der Waals surface area contributed by atoms with Crippen molar-refractivity contribution in [2.24, 2.45) is 0 Å². The Balaban J connectivity index is 1.89. The van der Waals surface area contributed by atoms with Crippen molar-refractivity contribution in [1.29, 1.82) is 0 Å². The fourth-order valence-corrected chi connectivity index (χ4v) is 2.37. The van der Waals surface area contributed by atoms with Gasteiger partial charge in [0.05, 0.1) is 23.7 Å². The lowest BCUT2D eigenvalue weighted by molar-refractivity contribution is 0.174. The van der Waals surface area contributed by atoms with Gasteiger partial charge in [-0.3, -0.25) is 0 Å². The number of hydrogen-bond donors (Lipinski definition) is 1. The zero-order valence-electron chi connectivity index (χ0n) is 10.8. The van der Waals surface area contributed by atoms with E-state index in [1.54, 1.807) is 7.11 Å². The monoisotopic (exact) mass is 268 g/mol. The van der Waals surface area contributed by atoms with Crippen LogP contribution in [-0.4, -0.2) is 23.9 Å². The van der Waals surface area contributed by atoms with Gasteiger partial charge in [-0.25, -0.2) is 4.98 Å². The van der Waals surface area contributed by atoms with E-state index in [2.05, 4.69) is 9.97 Å². The summed E-state index contributed by atoms with van der Waals surface area (Å²) in [5, 5.41) is 0. The van der Waals surface area contributed by atoms with Crippen LogP contribution in [0.4, 0.5) is 0 Å². The van der Waals surface area contributed by atoms with E-state index in [-0.39, 0.29) is 6.79 Å². The minimum absolute atomic E-state index is 0.265. The van der Waals surface area contributed by atoms with Crippen molar-refractivity contribution in [3.05, 3.63) is 36.4 Å². The Bertz CT molecular complexity index is 754. The summed E-state index contributed by atoms with van der Waals surface area (Å²) in [6, 6.07) is 11.6. The van der Waals surface area contributed by atoms with Gasteiger partial charge in [0.25, 0.3) is 0 Å². The molecule has 0 spiro atoms. The van der Waals surface area contributed by atoms with Crippen LogP contribution in [0.2, 0.25) is 0 Å². The Morgan fingerprint density at radius 3 is 2.80 bits per heavy atom. The van der Waals surface area contributed by atoms with E-state index >= 15 is 0 Å². The summed E-state index contributed by atoms with van der Waals surface area (Å²) in [5.41, 5.74) is 2.68. The maximum Gasteiger partial charge on any atom is 0.231 e. The van der Waals surface area contributed by atoms with Gasteiger partial charge in [0.15, 0.2) is 11.5 Å². The molecule has 0 bridgehead atoms. The molecule has 0 saturated carbocycles. The summed E-state index contributed by atoms with van der Waals surface area (Å²) in [6.45, 7) is 0.265. The molecule has 0 saturated heterocycles. The second-order valence-corrected chi connectivity index (χ2v) is 4.51. The second kappa shape index (κ2) is 4.16. The molecule has 1 aliphatic heterocycles. The normalized spacial score (nSPS) is 12.8. The van der Waals surface area contributed by atoms with Crippen LogP contribution in [-0.2, 0) is 0 Å². The Morgan fingerprint density at radius 1 is 1.15 bits per heavy atom. The Labute approximate surface area is 115 Å². The molecule has 3 aromatic rings. The lowest BCUT2D eigenvalue weighted by Crippen LogP contribution is -1.93. The number of ether oxygens (including phenoxy) is 3. The van der Waals surface area contributed by atoms with Crippen LogP contribution in [0.15, 0.2) is 36.4 Å². The van der Waals surface area contributed by atoms with Crippen molar-refractivity contribution in [3.63, 3.8) is 0 Å². The first kappa shape index (κ1) is 11.2. The van der Waals surface area contributed by atoms with Gasteiger partial charge in [0, 0.05) is 12.1 Å². The molecule has 5 heteroatoms. The molecule has 0 aliphatic carbocycles. The van der Waals surface area contributed by atoms with Gasteiger partial charge in [-0.2, -0.15) is 0 Å². The SMILES string of the molecule is COc1ccccc1-c1nc2cc3c(cc2[nH]1)OCO3. The number of aromatic amines is 1. The molecule has 1 N–H and O–H groups in total. The molecule has 5 nitrogen and oxygen atoms in total. The molecule has 20 heavy (non-hydrogen) atoms. The maximum absolute atomic E-state index is 5.37. The summed E-state index contributed by atoms with van der Waals surface area (Å²) in [7, 11) is 1.65. The molecule has 0 amide bonds. The zero-order valence-corrected chi connectivity index (χ0v) is 10.8. The van der Waals surface area contributed by atoms with E-state index < -0.39 is 0 Å². The van der Waals surface area contributed by atoms with Crippen molar-refractivity contribution in [2.75, 3.05) is 13.9 Å². The summed E-state index contributed by atoms with van der Waals surface area (Å²) >= 11 is 0. The lowest BCUT2D eigenvalue weighted by atomic mass is 10.2. The predicted octanol–water partition coefficient (Wildman–Crippen LogP) is 2.97. The molecular weight excluding hydrogens is 256 g/mol. The molecule has 100 valence electrons. The molecule has 1 aliphatic rings. The van der Waals surface area contributed by atoms with E-state index in [0.717, 1.165) is 39.7 Å². The number of methoxy groups -OCH3 is 1. The highest BCUT2D eigenvalue weighted by molar-refractivity contribution is 5.84. The van der Waals surface area contributed by atoms with E-state index in [4.69, 9.17) is 14.2 Å². The number of rotatable bonds is 2. The number of aromatic nitrogens is 2. The van der Waals surface area contributed by atoms with Crippen molar-refractivity contribution in [3.8, 4) is 28.6 Å². The molecule has 0 atom stereocenters. The largest absolute Gasteiger partial charge is 0.496 e. The number of para-hydroxylation sites is 1. The highest BCUT2D eigenvalue weighted by atomic mass is 16.7. The molecular formula is C15H12N2O3. The van der Waals surface area contributed by atoms with E-state index in [0.29, 0.717) is 0 Å². The third kappa shape index (κ3) is 1.60. The molecule has 2 heterocycles. The van der Waals surface area contributed by atoms with Crippen LogP contribution < -0.4 is 14.2 Å². The van der Waals surface area contributed by atoms with Gasteiger partial charge in [0.1, 0.15) is 11.6 Å². The lowest BCUT2D eigenvalue weighted by Gasteiger charge is -2.04. The summed E-state index contributed by atoms with van der Waals surface area (Å²) in [6.07, 6.45) is 0. The topological polar surface area (TPSA) is 56.4 Å². The molecule has 0 radical (unpaired) electrons. The van der Waals surface area contributed by atoms with Crippen LogP contribution in [0.5, 0.6) is 17.2 Å². The fourth-order valence-electron chi connectivity index (χ4n) is 2.37. The van der Waals surface area contributed by atoms with E-state index in [1.807, 2.05) is 36.4 Å². The quantitative estimate of drug-likeness (QED) is 0.776. The highest BCUT2D eigenvalue weighted by Crippen LogP contribution is 2.37. The Morgan fingerprint density at radius 2 is 1.95 bits per heavy atom. The third-order valence-electron chi connectivity index (χ3n) is 3.34. The Kier molecular flexibility index (Phi) is 2.32. The number of nitrogens with one attached hydrogen (secondary N) is 1. The summed E-state index contributed by atoms with van der Waals surface area (Å²) in [4.78, 5) is 7.89. The second-order valence-electron chi connectivity index (χ2n) is 4.51. The number of H-pyrrole nitrogens is 1. The van der Waals surface area contributed by atoms with Crippen LogP contribution in [0, 0.1) is 0 Å². The minimum atomic E-state index is 0.265. The summed E-state index contributed by atoms with van der Waals surface area (Å²) < 4.78 is 16.1. The zero-order chi connectivity index (χ0) is 13.5. The first-order valence-electron chi connectivity index (χ1n) is 6.28. The first-order chi connectivity index (χ1) is 9.85. The van der Waals surface area contributed by atoms with E-state index in [9.17, 15) is 0 Å². The molecule has 2 aromatic carbocycles. The fraction of sp³-hybridized carbons (Fsp3) is 0.133. The van der Waals surface area contributed by atoms with Crippen molar-refractivity contribution in [1.82, 2.24) is 9.97 Å². The van der Waals surface area contributed by atoms with Gasteiger partial charge < -0.3 is 19.2 Å². The molecule has 4 rings (SSSR count). The first-order valence-corrected chi connectivity index (χ1v) is 6.28. The van der Waals surface area contributed by atoms with Crippen molar-refractivity contribution < 1.29 is 14.2 Å². The summed E-state index contributed by atoms with van der Waals surface area (Å²) in [5.74, 6) is 3.02. The van der Waals surface area contributed by atoms with Gasteiger partial charge >= 0.3 is 0 Å². The molecule has 0 fully saturated rings. The van der Waals surface area contributed by atoms with Crippen LogP contribution in [0.3, 0.4) is 0 Å². The maximum atomic E-state index is 5.37. The van der Waals surface area contributed by atoms with Crippen LogP contribution in [0.25, 0.3) is 22.4 Å². The van der Waals surface area contributed by atoms with Gasteiger partial charge in [0.2, 0.25) is 6.79 Å².